The zero-order chi connectivity index (χ0) is 11.3. The second-order valence-corrected chi connectivity index (χ2v) is 4.44. The van der Waals surface area contributed by atoms with E-state index in [4.69, 9.17) is 5.73 Å². The van der Waals surface area contributed by atoms with Gasteiger partial charge in [-0.05, 0) is 37.6 Å². The van der Waals surface area contributed by atoms with Crippen molar-refractivity contribution in [3.05, 3.63) is 34.3 Å². The summed E-state index contributed by atoms with van der Waals surface area (Å²) >= 11 is 3.32. The molecule has 0 aliphatic heterocycles. The first-order valence-electron chi connectivity index (χ1n) is 4.89. The van der Waals surface area contributed by atoms with Gasteiger partial charge < -0.3 is 11.1 Å². The zero-order valence-corrected chi connectivity index (χ0v) is 10.3. The van der Waals surface area contributed by atoms with Crippen molar-refractivity contribution in [1.82, 2.24) is 5.32 Å². The molecule has 0 saturated carbocycles. The van der Waals surface area contributed by atoms with Gasteiger partial charge in [-0.3, -0.25) is 4.79 Å². The zero-order valence-electron chi connectivity index (χ0n) is 8.66. The number of amides is 1. The third-order valence-corrected chi connectivity index (χ3v) is 2.52. The molecule has 15 heavy (non-hydrogen) atoms. The molecule has 1 amide bonds. The molecule has 0 aromatic heterocycles. The van der Waals surface area contributed by atoms with E-state index in [2.05, 4.69) is 21.2 Å². The van der Waals surface area contributed by atoms with E-state index in [0.29, 0.717) is 12.1 Å². The maximum absolute atomic E-state index is 11.6. The SMILES string of the molecule is CC(N)CCNC(=O)c1ccc(Br)cc1. The maximum atomic E-state index is 11.6. The van der Waals surface area contributed by atoms with Crippen LogP contribution in [0.4, 0.5) is 0 Å². The number of carbonyl (C=O) groups is 1. The lowest BCUT2D eigenvalue weighted by Crippen LogP contribution is -2.28. The average molecular weight is 271 g/mol. The minimum absolute atomic E-state index is 0.0526. The van der Waals surface area contributed by atoms with Crippen LogP contribution in [0.5, 0.6) is 0 Å². The highest BCUT2D eigenvalue weighted by molar-refractivity contribution is 9.10. The average Bonchev–Trinajstić information content (AvgIpc) is 2.18. The van der Waals surface area contributed by atoms with Crippen molar-refractivity contribution in [2.24, 2.45) is 5.73 Å². The fourth-order valence-corrected chi connectivity index (χ4v) is 1.38. The fraction of sp³-hybridized carbons (Fsp3) is 0.364. The van der Waals surface area contributed by atoms with Crippen LogP contribution in [0.25, 0.3) is 0 Å². The number of benzene rings is 1. The van der Waals surface area contributed by atoms with Gasteiger partial charge in [-0.1, -0.05) is 15.9 Å². The molecule has 0 saturated heterocycles. The first-order chi connectivity index (χ1) is 7.09. The number of hydrogen-bond acceptors (Lipinski definition) is 2. The van der Waals surface area contributed by atoms with Gasteiger partial charge in [0.25, 0.3) is 5.91 Å². The molecule has 0 radical (unpaired) electrons. The van der Waals surface area contributed by atoms with Crippen molar-refractivity contribution < 1.29 is 4.79 Å². The Morgan fingerprint density at radius 1 is 1.47 bits per heavy atom. The molecule has 3 nitrogen and oxygen atoms in total. The van der Waals surface area contributed by atoms with Gasteiger partial charge in [0, 0.05) is 22.6 Å². The largest absolute Gasteiger partial charge is 0.352 e. The van der Waals surface area contributed by atoms with Gasteiger partial charge in [-0.25, -0.2) is 0 Å². The second-order valence-electron chi connectivity index (χ2n) is 3.53. The third kappa shape index (κ3) is 4.44. The van der Waals surface area contributed by atoms with Crippen LogP contribution in [0, 0.1) is 0 Å². The van der Waals surface area contributed by atoms with Gasteiger partial charge in [0.2, 0.25) is 0 Å². The van der Waals surface area contributed by atoms with E-state index in [-0.39, 0.29) is 11.9 Å². The van der Waals surface area contributed by atoms with E-state index >= 15 is 0 Å². The number of nitrogens with two attached hydrogens (primary N) is 1. The Balaban J connectivity index is 2.43. The molecule has 0 aliphatic carbocycles. The van der Waals surface area contributed by atoms with Gasteiger partial charge in [0.15, 0.2) is 0 Å². The fourth-order valence-electron chi connectivity index (χ4n) is 1.12. The number of nitrogens with one attached hydrogen (secondary N) is 1. The first-order valence-corrected chi connectivity index (χ1v) is 5.68. The minimum atomic E-state index is -0.0526. The Morgan fingerprint density at radius 2 is 2.07 bits per heavy atom. The summed E-state index contributed by atoms with van der Waals surface area (Å²) in [7, 11) is 0. The molecule has 1 aromatic carbocycles. The van der Waals surface area contributed by atoms with E-state index in [9.17, 15) is 4.79 Å². The van der Waals surface area contributed by atoms with E-state index in [0.717, 1.165) is 10.9 Å². The molecule has 1 unspecified atom stereocenters. The number of carbonyl (C=O) groups excluding carboxylic acids is 1. The second kappa shape index (κ2) is 5.88. The molecule has 3 N–H and O–H groups in total. The third-order valence-electron chi connectivity index (χ3n) is 1.99. The van der Waals surface area contributed by atoms with Gasteiger partial charge in [-0.2, -0.15) is 0 Å². The molecule has 1 aromatic rings. The molecular formula is C11H15BrN2O. The van der Waals surface area contributed by atoms with Crippen molar-refractivity contribution in [3.8, 4) is 0 Å². The predicted molar refractivity (Wildman–Crippen MR) is 64.7 cm³/mol. The van der Waals surface area contributed by atoms with Crippen LogP contribution in [0.15, 0.2) is 28.7 Å². The molecule has 4 heteroatoms. The van der Waals surface area contributed by atoms with Crippen molar-refractivity contribution in [3.63, 3.8) is 0 Å². The van der Waals surface area contributed by atoms with Crippen molar-refractivity contribution in [2.45, 2.75) is 19.4 Å². The Kier molecular flexibility index (Phi) is 4.78. The summed E-state index contributed by atoms with van der Waals surface area (Å²) in [5.74, 6) is -0.0526. The van der Waals surface area contributed by atoms with Crippen LogP contribution in [0.3, 0.4) is 0 Å². The lowest BCUT2D eigenvalue weighted by molar-refractivity contribution is 0.0953. The smallest absolute Gasteiger partial charge is 0.251 e. The normalized spacial score (nSPS) is 12.2. The summed E-state index contributed by atoms with van der Waals surface area (Å²) in [5, 5.41) is 2.82. The highest BCUT2D eigenvalue weighted by atomic mass is 79.9. The van der Waals surface area contributed by atoms with Gasteiger partial charge in [-0.15, -0.1) is 0 Å². The van der Waals surface area contributed by atoms with Crippen LogP contribution in [0.1, 0.15) is 23.7 Å². The lowest BCUT2D eigenvalue weighted by atomic mass is 10.2. The summed E-state index contributed by atoms with van der Waals surface area (Å²) in [6, 6.07) is 7.38. The van der Waals surface area contributed by atoms with Gasteiger partial charge >= 0.3 is 0 Å². The molecule has 1 rings (SSSR count). The monoisotopic (exact) mass is 270 g/mol. The summed E-state index contributed by atoms with van der Waals surface area (Å²) < 4.78 is 0.967. The molecule has 0 bridgehead atoms. The van der Waals surface area contributed by atoms with Crippen LogP contribution < -0.4 is 11.1 Å². The highest BCUT2D eigenvalue weighted by Crippen LogP contribution is 2.10. The molecular weight excluding hydrogens is 256 g/mol. The standard InChI is InChI=1S/C11H15BrN2O/c1-8(13)6-7-14-11(15)9-2-4-10(12)5-3-9/h2-5,8H,6-7,13H2,1H3,(H,14,15). The molecule has 1 atom stereocenters. The summed E-state index contributed by atoms with van der Waals surface area (Å²) in [4.78, 5) is 11.6. The maximum Gasteiger partial charge on any atom is 0.251 e. The highest BCUT2D eigenvalue weighted by Gasteiger charge is 2.04. The molecule has 82 valence electrons. The molecule has 0 spiro atoms. The molecule has 0 fully saturated rings. The molecule has 0 aliphatic rings. The van der Waals surface area contributed by atoms with E-state index < -0.39 is 0 Å². The minimum Gasteiger partial charge on any atom is -0.352 e. The Bertz CT molecular complexity index is 322. The van der Waals surface area contributed by atoms with E-state index in [1.807, 2.05) is 19.1 Å². The first kappa shape index (κ1) is 12.2. The van der Waals surface area contributed by atoms with Gasteiger partial charge in [0.1, 0.15) is 0 Å². The van der Waals surface area contributed by atoms with Gasteiger partial charge in [0.05, 0.1) is 0 Å². The predicted octanol–water partition coefficient (Wildman–Crippen LogP) is 1.92. The van der Waals surface area contributed by atoms with Crippen LogP contribution >= 0.6 is 15.9 Å². The summed E-state index contributed by atoms with van der Waals surface area (Å²) in [6.07, 6.45) is 0.794. The quantitative estimate of drug-likeness (QED) is 0.879. The van der Waals surface area contributed by atoms with Crippen molar-refractivity contribution >= 4 is 21.8 Å². The van der Waals surface area contributed by atoms with Crippen LogP contribution in [0.2, 0.25) is 0 Å². The Labute approximate surface area is 98.2 Å². The van der Waals surface area contributed by atoms with Crippen molar-refractivity contribution in [2.75, 3.05) is 6.54 Å². The van der Waals surface area contributed by atoms with E-state index in [1.165, 1.54) is 0 Å². The van der Waals surface area contributed by atoms with Crippen LogP contribution in [-0.2, 0) is 0 Å². The van der Waals surface area contributed by atoms with Crippen molar-refractivity contribution in [1.29, 1.82) is 0 Å². The molecule has 0 heterocycles. The topological polar surface area (TPSA) is 55.1 Å². The Morgan fingerprint density at radius 3 is 2.60 bits per heavy atom. The number of rotatable bonds is 4. The number of halogens is 1. The summed E-state index contributed by atoms with van der Waals surface area (Å²) in [5.41, 5.74) is 6.25. The lowest BCUT2D eigenvalue weighted by Gasteiger charge is -2.07. The summed E-state index contributed by atoms with van der Waals surface area (Å²) in [6.45, 7) is 2.54. The van der Waals surface area contributed by atoms with E-state index in [1.54, 1.807) is 12.1 Å². The Hall–Kier alpha value is -0.870. The van der Waals surface area contributed by atoms with Crippen LogP contribution in [-0.4, -0.2) is 18.5 Å². The number of hydrogen-bond donors (Lipinski definition) is 2.